The first-order valence-electron chi connectivity index (χ1n) is 18.6. The number of carbonyl (C=O) groups is 4. The van der Waals surface area contributed by atoms with Gasteiger partial charge in [0.05, 0.1) is 38.3 Å². The number of aliphatic carboxylic acids is 1. The number of carboxylic acids is 1. The minimum atomic E-state index is -1.12. The first-order valence-corrected chi connectivity index (χ1v) is 20.1. The number of methoxy groups -OCH3 is 1. The predicted molar refractivity (Wildman–Crippen MR) is 221 cm³/mol. The number of rotatable bonds is 12. The van der Waals surface area contributed by atoms with Crippen molar-refractivity contribution in [3.05, 3.63) is 138 Å². The number of nitrogens with one attached hydrogen (secondary N) is 2. The minimum Gasteiger partial charge on any atom is -0.480 e. The normalized spacial score (nSPS) is 15.7. The lowest BCUT2D eigenvalue weighted by molar-refractivity contribution is -0.143. The van der Waals surface area contributed by atoms with Crippen molar-refractivity contribution < 1.29 is 38.5 Å². The molecule has 0 aromatic heterocycles. The van der Waals surface area contributed by atoms with Gasteiger partial charge in [0, 0.05) is 39.3 Å². The second kappa shape index (κ2) is 21.6. The molecule has 302 valence electrons. The van der Waals surface area contributed by atoms with Crippen molar-refractivity contribution in [3.63, 3.8) is 0 Å². The monoisotopic (exact) mass is 856 g/mol. The van der Waals surface area contributed by atoms with Gasteiger partial charge in [0.15, 0.2) is 0 Å². The molecule has 4 aromatic rings. The van der Waals surface area contributed by atoms with E-state index in [2.05, 4.69) is 22.8 Å². The fourth-order valence-electron chi connectivity index (χ4n) is 6.81. The summed E-state index contributed by atoms with van der Waals surface area (Å²) in [6, 6.07) is 23.5. The van der Waals surface area contributed by atoms with E-state index in [0.29, 0.717) is 18.3 Å². The highest BCUT2D eigenvalue weighted by molar-refractivity contribution is 6.40. The SMILES string of the molecule is COC(=O)[C@H](Cc1ccc(C2CCOCC2)cc1)NC(=O)c1c(Cl)cccc1Cl.O=C(N[C@@H](Cc1ccc(C2CCOCC2)cc1)C(=O)O)c1c(Cl)cccc1Cl. The molecule has 0 bridgehead atoms. The number of hydrogen-bond acceptors (Lipinski definition) is 7. The third-order valence-electron chi connectivity index (χ3n) is 10.00. The zero-order valence-electron chi connectivity index (χ0n) is 31.3. The Kier molecular flexibility index (Phi) is 16.6. The first kappa shape index (κ1) is 44.0. The largest absolute Gasteiger partial charge is 0.480 e. The molecule has 3 N–H and O–H groups in total. The van der Waals surface area contributed by atoms with Crippen molar-refractivity contribution >= 4 is 70.2 Å². The molecular weight excluding hydrogens is 814 g/mol. The molecule has 6 rings (SSSR count). The van der Waals surface area contributed by atoms with Crippen molar-refractivity contribution in [2.45, 2.75) is 62.4 Å². The van der Waals surface area contributed by atoms with Crippen molar-refractivity contribution in [1.82, 2.24) is 10.6 Å². The third kappa shape index (κ3) is 12.4. The average Bonchev–Trinajstić information content (AvgIpc) is 3.21. The summed E-state index contributed by atoms with van der Waals surface area (Å²) in [6.45, 7) is 3.11. The van der Waals surface area contributed by atoms with Crippen molar-refractivity contribution in [2.24, 2.45) is 0 Å². The maximum atomic E-state index is 12.7. The van der Waals surface area contributed by atoms with Gasteiger partial charge in [-0.2, -0.15) is 0 Å². The van der Waals surface area contributed by atoms with Gasteiger partial charge in [-0.1, -0.05) is 107 Å². The van der Waals surface area contributed by atoms with Crippen LogP contribution >= 0.6 is 46.4 Å². The van der Waals surface area contributed by atoms with E-state index < -0.39 is 35.8 Å². The van der Waals surface area contributed by atoms with Crippen LogP contribution in [0, 0.1) is 0 Å². The zero-order valence-corrected chi connectivity index (χ0v) is 34.3. The number of benzene rings is 4. The molecule has 57 heavy (non-hydrogen) atoms. The van der Waals surface area contributed by atoms with Crippen LogP contribution in [-0.4, -0.2) is 74.5 Å². The number of esters is 1. The molecule has 0 spiro atoms. The van der Waals surface area contributed by atoms with E-state index in [1.54, 1.807) is 24.3 Å². The van der Waals surface area contributed by atoms with E-state index in [4.69, 9.17) is 60.6 Å². The lowest BCUT2D eigenvalue weighted by Crippen LogP contribution is -2.43. The van der Waals surface area contributed by atoms with Gasteiger partial charge >= 0.3 is 11.9 Å². The van der Waals surface area contributed by atoms with E-state index in [0.717, 1.165) is 63.2 Å². The van der Waals surface area contributed by atoms with Crippen LogP contribution in [-0.2, 0) is 36.6 Å². The fourth-order valence-corrected chi connectivity index (χ4v) is 7.95. The van der Waals surface area contributed by atoms with E-state index in [9.17, 15) is 24.3 Å². The van der Waals surface area contributed by atoms with Gasteiger partial charge in [0.25, 0.3) is 11.8 Å². The Balaban J connectivity index is 0.000000218. The number of ether oxygens (including phenoxy) is 3. The van der Waals surface area contributed by atoms with E-state index >= 15 is 0 Å². The van der Waals surface area contributed by atoms with Crippen LogP contribution in [0.15, 0.2) is 84.9 Å². The molecule has 4 aromatic carbocycles. The zero-order chi connectivity index (χ0) is 40.9. The Bertz CT molecular complexity index is 1960. The molecule has 2 saturated heterocycles. The molecule has 0 aliphatic carbocycles. The quantitative estimate of drug-likeness (QED) is 0.120. The summed E-state index contributed by atoms with van der Waals surface area (Å²) in [7, 11) is 1.29. The summed E-state index contributed by atoms with van der Waals surface area (Å²) < 4.78 is 15.7. The maximum Gasteiger partial charge on any atom is 0.328 e. The van der Waals surface area contributed by atoms with Crippen LogP contribution in [0.25, 0.3) is 0 Å². The molecule has 2 aliphatic heterocycles. The van der Waals surface area contributed by atoms with Gasteiger partial charge < -0.3 is 30.0 Å². The Labute approximate surface area is 352 Å². The maximum absolute atomic E-state index is 12.7. The molecule has 0 radical (unpaired) electrons. The summed E-state index contributed by atoms with van der Waals surface area (Å²) in [5.74, 6) is -1.81. The molecule has 0 unspecified atom stereocenters. The third-order valence-corrected chi connectivity index (χ3v) is 11.3. The second-order valence-electron chi connectivity index (χ2n) is 13.8. The molecule has 2 amide bonds. The number of carboxylic acid groups (broad SMARTS) is 1. The van der Waals surface area contributed by atoms with Gasteiger partial charge in [-0.15, -0.1) is 0 Å². The number of carbonyl (C=O) groups excluding carboxylic acids is 3. The number of amides is 2. The highest BCUT2D eigenvalue weighted by Crippen LogP contribution is 2.29. The van der Waals surface area contributed by atoms with Gasteiger partial charge in [0.1, 0.15) is 12.1 Å². The standard InChI is InChI=1S/C22H23Cl2NO4.C21H21Cl2NO4/c1-28-22(27)19(25-21(26)20-17(23)3-2-4-18(20)24)13-14-5-7-15(8-6-14)16-9-11-29-12-10-16;22-16-2-1-3-17(23)19(16)20(25)24-18(21(26)27)12-13-4-6-14(7-5-13)15-8-10-28-11-9-15/h2-8,16,19H,9-13H2,1H3,(H,25,26);1-7,15,18H,8-12H2,(H,24,25)(H,26,27)/t19-;18-/m00/s1. The number of hydrogen-bond donors (Lipinski definition) is 3. The molecule has 2 heterocycles. The van der Waals surface area contributed by atoms with E-state index in [1.165, 1.54) is 30.4 Å². The molecule has 10 nitrogen and oxygen atoms in total. The van der Waals surface area contributed by atoms with Crippen LogP contribution in [0.2, 0.25) is 20.1 Å². The summed E-state index contributed by atoms with van der Waals surface area (Å²) in [5, 5.41) is 15.5. The highest BCUT2D eigenvalue weighted by atomic mass is 35.5. The molecule has 2 atom stereocenters. The van der Waals surface area contributed by atoms with Crippen LogP contribution in [0.4, 0.5) is 0 Å². The lowest BCUT2D eigenvalue weighted by Gasteiger charge is -2.23. The molecule has 14 heteroatoms. The first-order chi connectivity index (χ1) is 27.4. The van der Waals surface area contributed by atoms with Crippen LogP contribution in [0.1, 0.15) is 80.5 Å². The Hall–Kier alpha value is -4.16. The molecular formula is C43H44Cl4N2O8. The Morgan fingerprint density at radius 3 is 1.32 bits per heavy atom. The highest BCUT2D eigenvalue weighted by Gasteiger charge is 2.26. The van der Waals surface area contributed by atoms with Crippen molar-refractivity contribution in [1.29, 1.82) is 0 Å². The van der Waals surface area contributed by atoms with Gasteiger partial charge in [0.2, 0.25) is 0 Å². The smallest absolute Gasteiger partial charge is 0.328 e. The van der Waals surface area contributed by atoms with Crippen LogP contribution in [0.3, 0.4) is 0 Å². The van der Waals surface area contributed by atoms with E-state index in [-0.39, 0.29) is 37.6 Å². The number of halogens is 4. The summed E-state index contributed by atoms with van der Waals surface area (Å²) in [4.78, 5) is 49.1. The second-order valence-corrected chi connectivity index (χ2v) is 15.4. The Morgan fingerprint density at radius 2 is 0.965 bits per heavy atom. The summed E-state index contributed by atoms with van der Waals surface area (Å²) in [5.41, 5.74) is 4.45. The van der Waals surface area contributed by atoms with Crippen LogP contribution in [0.5, 0.6) is 0 Å². The van der Waals surface area contributed by atoms with Crippen molar-refractivity contribution in [2.75, 3.05) is 33.5 Å². The molecule has 2 aliphatic rings. The lowest BCUT2D eigenvalue weighted by atomic mass is 9.90. The average molecular weight is 859 g/mol. The van der Waals surface area contributed by atoms with Crippen LogP contribution < -0.4 is 10.6 Å². The Morgan fingerprint density at radius 1 is 0.614 bits per heavy atom. The van der Waals surface area contributed by atoms with E-state index in [1.807, 2.05) is 36.4 Å². The minimum absolute atomic E-state index is 0.0759. The van der Waals surface area contributed by atoms with Gasteiger partial charge in [-0.25, -0.2) is 9.59 Å². The summed E-state index contributed by atoms with van der Waals surface area (Å²) >= 11 is 24.3. The van der Waals surface area contributed by atoms with Crippen molar-refractivity contribution in [3.8, 4) is 0 Å². The topological polar surface area (TPSA) is 140 Å². The predicted octanol–water partition coefficient (Wildman–Crippen LogP) is 8.71. The fraction of sp³-hybridized carbons (Fsp3) is 0.349. The van der Waals surface area contributed by atoms with Gasteiger partial charge in [-0.05, 0) is 84.0 Å². The summed E-state index contributed by atoms with van der Waals surface area (Å²) in [6.07, 6.45) is 4.47. The molecule has 0 saturated carbocycles. The van der Waals surface area contributed by atoms with Gasteiger partial charge in [-0.3, -0.25) is 9.59 Å². The molecule has 2 fully saturated rings.